The molecule has 1 amide bonds. The lowest BCUT2D eigenvalue weighted by Gasteiger charge is -2.11. The van der Waals surface area contributed by atoms with Crippen molar-refractivity contribution in [3.8, 4) is 0 Å². The first-order valence-electron chi connectivity index (χ1n) is 7.85. The number of nitrogens with zero attached hydrogens (tertiary/aromatic N) is 2. The van der Waals surface area contributed by atoms with Crippen LogP contribution in [0.25, 0.3) is 0 Å². The Kier molecular flexibility index (Phi) is 6.82. The molecule has 1 heterocycles. The highest BCUT2D eigenvalue weighted by Crippen LogP contribution is 2.07. The minimum atomic E-state index is -0.340. The standard InChI is InChI=1S/C17H22FN5O/c1-2-19-17(20-9-12-23-10-3-4-11-23)21-13-16(24)22-15-7-5-14(18)6-8-15/h3-8,10-11H,2,9,12-13H2,1H3,(H,22,24)(H2,19,20,21). The molecule has 0 saturated heterocycles. The van der Waals surface area contributed by atoms with Gasteiger partial charge >= 0.3 is 0 Å². The summed E-state index contributed by atoms with van der Waals surface area (Å²) >= 11 is 0. The molecule has 0 aliphatic carbocycles. The summed E-state index contributed by atoms with van der Waals surface area (Å²) in [6.07, 6.45) is 3.98. The number of benzene rings is 1. The summed E-state index contributed by atoms with van der Waals surface area (Å²) in [5, 5.41) is 8.94. The number of nitrogens with one attached hydrogen (secondary N) is 3. The topological polar surface area (TPSA) is 70.4 Å². The van der Waals surface area contributed by atoms with Crippen LogP contribution >= 0.6 is 0 Å². The Labute approximate surface area is 140 Å². The summed E-state index contributed by atoms with van der Waals surface area (Å²) in [6, 6.07) is 9.56. The number of aromatic nitrogens is 1. The molecule has 128 valence electrons. The van der Waals surface area contributed by atoms with Crippen molar-refractivity contribution in [3.05, 3.63) is 54.6 Å². The molecule has 2 rings (SSSR count). The molecule has 0 saturated carbocycles. The van der Waals surface area contributed by atoms with Crippen molar-refractivity contribution in [2.75, 3.05) is 25.0 Å². The van der Waals surface area contributed by atoms with E-state index >= 15 is 0 Å². The molecule has 1 aromatic carbocycles. The number of hydrogen-bond acceptors (Lipinski definition) is 2. The van der Waals surface area contributed by atoms with Crippen LogP contribution in [-0.2, 0) is 11.3 Å². The predicted molar refractivity (Wildman–Crippen MR) is 93.4 cm³/mol. The van der Waals surface area contributed by atoms with E-state index in [0.29, 0.717) is 24.7 Å². The van der Waals surface area contributed by atoms with Crippen molar-refractivity contribution in [2.24, 2.45) is 4.99 Å². The largest absolute Gasteiger partial charge is 0.357 e. The first-order chi connectivity index (χ1) is 11.7. The maximum atomic E-state index is 12.8. The highest BCUT2D eigenvalue weighted by atomic mass is 19.1. The summed E-state index contributed by atoms with van der Waals surface area (Å²) in [6.45, 7) is 4.15. The second-order valence-corrected chi connectivity index (χ2v) is 5.10. The molecule has 0 atom stereocenters. The number of guanidine groups is 1. The van der Waals surface area contributed by atoms with E-state index in [2.05, 4.69) is 25.5 Å². The number of hydrogen-bond donors (Lipinski definition) is 3. The number of amides is 1. The SMILES string of the molecule is CCNC(=NCC(=O)Nc1ccc(F)cc1)NCCn1cccc1. The van der Waals surface area contributed by atoms with Gasteiger partial charge in [-0.25, -0.2) is 9.38 Å². The molecule has 0 bridgehead atoms. The number of anilines is 1. The zero-order chi connectivity index (χ0) is 17.2. The normalized spacial score (nSPS) is 11.2. The van der Waals surface area contributed by atoms with Crippen molar-refractivity contribution < 1.29 is 9.18 Å². The fraction of sp³-hybridized carbons (Fsp3) is 0.294. The van der Waals surface area contributed by atoms with Gasteiger partial charge in [0, 0.05) is 37.7 Å². The highest BCUT2D eigenvalue weighted by molar-refractivity contribution is 5.94. The van der Waals surface area contributed by atoms with Gasteiger partial charge in [-0.3, -0.25) is 4.79 Å². The van der Waals surface area contributed by atoms with Crippen molar-refractivity contribution in [1.82, 2.24) is 15.2 Å². The summed E-state index contributed by atoms with van der Waals surface area (Å²) in [4.78, 5) is 16.1. The zero-order valence-corrected chi connectivity index (χ0v) is 13.6. The van der Waals surface area contributed by atoms with Gasteiger partial charge in [0.25, 0.3) is 0 Å². The van der Waals surface area contributed by atoms with Gasteiger partial charge in [0.1, 0.15) is 12.4 Å². The minimum Gasteiger partial charge on any atom is -0.357 e. The van der Waals surface area contributed by atoms with Crippen LogP contribution in [-0.4, -0.2) is 36.1 Å². The third-order valence-electron chi connectivity index (χ3n) is 3.18. The van der Waals surface area contributed by atoms with Crippen LogP contribution in [0, 0.1) is 5.82 Å². The number of carbonyl (C=O) groups excluding carboxylic acids is 1. The van der Waals surface area contributed by atoms with Gasteiger partial charge in [0.15, 0.2) is 5.96 Å². The average molecular weight is 331 g/mol. The van der Waals surface area contributed by atoms with Crippen molar-refractivity contribution in [1.29, 1.82) is 0 Å². The van der Waals surface area contributed by atoms with Crippen molar-refractivity contribution in [2.45, 2.75) is 13.5 Å². The second kappa shape index (κ2) is 9.34. The third-order valence-corrected chi connectivity index (χ3v) is 3.18. The fourth-order valence-electron chi connectivity index (χ4n) is 2.05. The van der Waals surface area contributed by atoms with E-state index in [4.69, 9.17) is 0 Å². The molecule has 0 aliphatic rings. The Morgan fingerprint density at radius 2 is 1.88 bits per heavy atom. The van der Waals surface area contributed by atoms with Crippen molar-refractivity contribution >= 4 is 17.6 Å². The molecule has 0 fully saturated rings. The van der Waals surface area contributed by atoms with Gasteiger partial charge < -0.3 is 20.5 Å². The number of halogens is 1. The predicted octanol–water partition coefficient (Wildman–Crippen LogP) is 1.82. The Hall–Kier alpha value is -2.83. The number of rotatable bonds is 7. The van der Waals surface area contributed by atoms with Crippen LogP contribution in [0.2, 0.25) is 0 Å². The Balaban J connectivity index is 1.80. The molecular formula is C17H22FN5O. The van der Waals surface area contributed by atoms with Gasteiger partial charge in [-0.2, -0.15) is 0 Å². The van der Waals surface area contributed by atoms with Crippen LogP contribution in [0.15, 0.2) is 53.8 Å². The van der Waals surface area contributed by atoms with Gasteiger partial charge in [-0.1, -0.05) is 0 Å². The minimum absolute atomic E-state index is 0.0176. The lowest BCUT2D eigenvalue weighted by atomic mass is 10.3. The lowest BCUT2D eigenvalue weighted by Crippen LogP contribution is -2.39. The molecule has 7 heteroatoms. The number of carbonyl (C=O) groups is 1. The van der Waals surface area contributed by atoms with E-state index < -0.39 is 0 Å². The molecule has 6 nitrogen and oxygen atoms in total. The molecule has 0 aliphatic heterocycles. The highest BCUT2D eigenvalue weighted by Gasteiger charge is 2.03. The van der Waals surface area contributed by atoms with E-state index in [1.807, 2.05) is 31.5 Å². The van der Waals surface area contributed by atoms with Gasteiger partial charge in [-0.15, -0.1) is 0 Å². The molecule has 3 N–H and O–H groups in total. The Morgan fingerprint density at radius 3 is 2.54 bits per heavy atom. The molecule has 2 aromatic rings. The second-order valence-electron chi connectivity index (χ2n) is 5.10. The molecule has 24 heavy (non-hydrogen) atoms. The quantitative estimate of drug-likeness (QED) is 0.535. The summed E-state index contributed by atoms with van der Waals surface area (Å²) < 4.78 is 14.9. The lowest BCUT2D eigenvalue weighted by molar-refractivity contribution is -0.114. The van der Waals surface area contributed by atoms with Gasteiger partial charge in [0.05, 0.1) is 0 Å². The average Bonchev–Trinajstić information content (AvgIpc) is 3.08. The molecular weight excluding hydrogens is 309 g/mol. The Bertz CT molecular complexity index is 652. The smallest absolute Gasteiger partial charge is 0.246 e. The first-order valence-corrected chi connectivity index (χ1v) is 7.85. The molecule has 0 unspecified atom stereocenters. The van der Waals surface area contributed by atoms with Crippen LogP contribution < -0.4 is 16.0 Å². The monoisotopic (exact) mass is 331 g/mol. The van der Waals surface area contributed by atoms with E-state index in [0.717, 1.165) is 6.54 Å². The third kappa shape index (κ3) is 6.12. The van der Waals surface area contributed by atoms with Crippen molar-refractivity contribution in [3.63, 3.8) is 0 Å². The fourth-order valence-corrected chi connectivity index (χ4v) is 2.05. The van der Waals surface area contributed by atoms with Crippen LogP contribution in [0.3, 0.4) is 0 Å². The Morgan fingerprint density at radius 1 is 1.17 bits per heavy atom. The van der Waals surface area contributed by atoms with Crippen LogP contribution in [0.1, 0.15) is 6.92 Å². The molecule has 0 spiro atoms. The van der Waals surface area contributed by atoms with E-state index in [1.165, 1.54) is 24.3 Å². The van der Waals surface area contributed by atoms with E-state index in [9.17, 15) is 9.18 Å². The van der Waals surface area contributed by atoms with Gasteiger partial charge in [0.2, 0.25) is 5.91 Å². The maximum Gasteiger partial charge on any atom is 0.246 e. The summed E-state index contributed by atoms with van der Waals surface area (Å²) in [5.41, 5.74) is 0.544. The maximum absolute atomic E-state index is 12.8. The van der Waals surface area contributed by atoms with Crippen LogP contribution in [0.5, 0.6) is 0 Å². The first kappa shape index (κ1) is 17.5. The molecule has 1 aromatic heterocycles. The zero-order valence-electron chi connectivity index (χ0n) is 13.6. The van der Waals surface area contributed by atoms with E-state index in [1.54, 1.807) is 0 Å². The molecule has 0 radical (unpaired) electrons. The van der Waals surface area contributed by atoms with Gasteiger partial charge in [-0.05, 0) is 43.3 Å². The number of aliphatic imine (C=N–C) groups is 1. The van der Waals surface area contributed by atoms with E-state index in [-0.39, 0.29) is 18.3 Å². The van der Waals surface area contributed by atoms with Crippen LogP contribution in [0.4, 0.5) is 10.1 Å². The summed E-state index contributed by atoms with van der Waals surface area (Å²) in [7, 11) is 0. The summed E-state index contributed by atoms with van der Waals surface area (Å²) in [5.74, 6) is -0.0181.